The highest BCUT2D eigenvalue weighted by Crippen LogP contribution is 2.35. The summed E-state index contributed by atoms with van der Waals surface area (Å²) >= 11 is 0. The molecule has 0 bridgehead atoms. The first-order chi connectivity index (χ1) is 10.0. The molecular formula is C14H19NO5S. The van der Waals surface area contributed by atoms with Crippen molar-refractivity contribution in [3.05, 3.63) is 29.8 Å². The molecule has 0 fully saturated rings. The molecule has 0 saturated heterocycles. The smallest absolute Gasteiger partial charge is 0.243 e. The van der Waals surface area contributed by atoms with Crippen molar-refractivity contribution in [1.29, 1.82) is 0 Å². The summed E-state index contributed by atoms with van der Waals surface area (Å²) in [7, 11) is -0.742. The predicted octanol–water partition coefficient (Wildman–Crippen LogP) is 1.15. The summed E-state index contributed by atoms with van der Waals surface area (Å²) in [6.45, 7) is 0.468. The van der Waals surface area contributed by atoms with Crippen molar-refractivity contribution >= 4 is 10.0 Å². The quantitative estimate of drug-likeness (QED) is 0.825. The number of aliphatic hydroxyl groups excluding tert-OH is 1. The van der Waals surface area contributed by atoms with Crippen LogP contribution in [-0.4, -0.2) is 45.1 Å². The van der Waals surface area contributed by atoms with Gasteiger partial charge in [0.05, 0.1) is 25.7 Å². The van der Waals surface area contributed by atoms with Gasteiger partial charge in [-0.1, -0.05) is 12.2 Å². The van der Waals surface area contributed by atoms with Crippen molar-refractivity contribution in [1.82, 2.24) is 4.31 Å². The average Bonchev–Trinajstić information content (AvgIpc) is 2.54. The Bertz CT molecular complexity index is 614. The highest BCUT2D eigenvalue weighted by molar-refractivity contribution is 7.89. The number of hydrogen-bond acceptors (Lipinski definition) is 5. The van der Waals surface area contributed by atoms with Gasteiger partial charge in [-0.25, -0.2) is 8.42 Å². The number of sulfonamides is 1. The van der Waals surface area contributed by atoms with Crippen molar-refractivity contribution in [2.45, 2.75) is 17.9 Å². The van der Waals surface area contributed by atoms with Crippen LogP contribution in [0.5, 0.6) is 11.5 Å². The van der Waals surface area contributed by atoms with Crippen LogP contribution < -0.4 is 9.47 Å². The summed E-state index contributed by atoms with van der Waals surface area (Å²) in [6.07, 6.45) is 4.48. The van der Waals surface area contributed by atoms with Crippen molar-refractivity contribution in [2.75, 3.05) is 27.3 Å². The first-order valence-electron chi connectivity index (χ1n) is 6.55. The minimum atomic E-state index is -3.62. The van der Waals surface area contributed by atoms with Crippen molar-refractivity contribution < 1.29 is 23.0 Å². The maximum absolute atomic E-state index is 12.6. The maximum atomic E-state index is 12.6. The highest BCUT2D eigenvalue weighted by atomic mass is 32.2. The molecule has 0 unspecified atom stereocenters. The van der Waals surface area contributed by atoms with Crippen LogP contribution >= 0.6 is 0 Å². The number of hydrogen-bond donors (Lipinski definition) is 1. The number of nitrogens with zero attached hydrogens (tertiary/aromatic N) is 1. The molecule has 1 aromatic rings. The Kier molecular flexibility index (Phi) is 4.87. The van der Waals surface area contributed by atoms with Gasteiger partial charge in [0, 0.05) is 24.7 Å². The molecule has 0 aromatic heterocycles. The zero-order valence-corrected chi connectivity index (χ0v) is 12.9. The molecule has 0 radical (unpaired) electrons. The summed E-state index contributed by atoms with van der Waals surface area (Å²) in [6, 6.07) is 2.85. The first-order valence-corrected chi connectivity index (χ1v) is 7.99. The number of methoxy groups -OCH3 is 2. The van der Waals surface area contributed by atoms with Gasteiger partial charge in [0.2, 0.25) is 10.0 Å². The lowest BCUT2D eigenvalue weighted by atomic mass is 10.2. The molecule has 2 rings (SSSR count). The summed E-state index contributed by atoms with van der Waals surface area (Å²) in [4.78, 5) is 0.0968. The standard InChI is InChI=1S/C14H19NO5S/c1-19-13-9-12(8-11(10-16)14(13)20-2)21(17,18)15-6-4-3-5-7-15/h3-4,8-9,16H,5-7,10H2,1-2H3. The molecule has 1 aromatic carbocycles. The normalized spacial score (nSPS) is 16.0. The lowest BCUT2D eigenvalue weighted by Crippen LogP contribution is -2.33. The van der Waals surface area contributed by atoms with Gasteiger partial charge in [-0.05, 0) is 12.5 Å². The Labute approximate surface area is 124 Å². The van der Waals surface area contributed by atoms with Gasteiger partial charge in [0.25, 0.3) is 0 Å². The lowest BCUT2D eigenvalue weighted by molar-refractivity contribution is 0.269. The zero-order chi connectivity index (χ0) is 15.5. The van der Waals surface area contributed by atoms with Crippen LogP contribution in [0.4, 0.5) is 0 Å². The molecule has 21 heavy (non-hydrogen) atoms. The molecule has 1 N–H and O–H groups in total. The SMILES string of the molecule is COc1cc(S(=O)(=O)N2CC=CCC2)cc(CO)c1OC. The first kappa shape index (κ1) is 15.8. The van der Waals surface area contributed by atoms with E-state index in [9.17, 15) is 13.5 Å². The Balaban J connectivity index is 2.50. The number of ether oxygens (including phenoxy) is 2. The van der Waals surface area contributed by atoms with Crippen LogP contribution in [0.1, 0.15) is 12.0 Å². The van der Waals surface area contributed by atoms with Gasteiger partial charge >= 0.3 is 0 Å². The van der Waals surface area contributed by atoms with Crippen LogP contribution in [0.15, 0.2) is 29.2 Å². The van der Waals surface area contributed by atoms with Crippen LogP contribution in [0.2, 0.25) is 0 Å². The van der Waals surface area contributed by atoms with Gasteiger partial charge in [0.15, 0.2) is 11.5 Å². The molecule has 0 atom stereocenters. The Hall–Kier alpha value is -1.57. The van der Waals surface area contributed by atoms with E-state index in [0.717, 1.165) is 0 Å². The van der Waals surface area contributed by atoms with Crippen LogP contribution in [0.3, 0.4) is 0 Å². The molecule has 1 aliphatic heterocycles. The topological polar surface area (TPSA) is 76.1 Å². The van der Waals surface area contributed by atoms with E-state index < -0.39 is 10.0 Å². The molecule has 0 aliphatic carbocycles. The molecule has 0 amide bonds. The highest BCUT2D eigenvalue weighted by Gasteiger charge is 2.27. The van der Waals surface area contributed by atoms with E-state index in [1.165, 1.54) is 30.7 Å². The van der Waals surface area contributed by atoms with E-state index in [4.69, 9.17) is 9.47 Å². The fraction of sp³-hybridized carbons (Fsp3) is 0.429. The molecular weight excluding hydrogens is 294 g/mol. The lowest BCUT2D eigenvalue weighted by Gasteiger charge is -2.23. The molecule has 116 valence electrons. The molecule has 6 nitrogen and oxygen atoms in total. The fourth-order valence-corrected chi connectivity index (χ4v) is 3.74. The number of rotatable bonds is 5. The second kappa shape index (κ2) is 6.46. The molecule has 0 spiro atoms. The summed E-state index contributed by atoms with van der Waals surface area (Å²) in [5.41, 5.74) is 0.378. The number of aliphatic hydroxyl groups is 1. The van der Waals surface area contributed by atoms with E-state index in [2.05, 4.69) is 0 Å². The largest absolute Gasteiger partial charge is 0.493 e. The molecule has 1 heterocycles. The molecule has 0 saturated carbocycles. The Morgan fingerprint density at radius 1 is 1.24 bits per heavy atom. The monoisotopic (exact) mass is 313 g/mol. The third-order valence-electron chi connectivity index (χ3n) is 3.36. The average molecular weight is 313 g/mol. The van der Waals surface area contributed by atoms with Crippen molar-refractivity contribution in [3.63, 3.8) is 0 Å². The fourth-order valence-electron chi connectivity index (χ4n) is 2.27. The van der Waals surface area contributed by atoms with Crippen molar-refractivity contribution in [2.24, 2.45) is 0 Å². The van der Waals surface area contributed by atoms with E-state index in [1.807, 2.05) is 12.2 Å². The predicted molar refractivity (Wildman–Crippen MR) is 78.0 cm³/mol. The Morgan fingerprint density at radius 3 is 2.52 bits per heavy atom. The van der Waals surface area contributed by atoms with Gasteiger partial charge in [-0.3, -0.25) is 0 Å². The summed E-state index contributed by atoms with van der Waals surface area (Å²) in [5, 5.41) is 9.41. The molecule has 1 aliphatic rings. The van der Waals surface area contributed by atoms with Crippen molar-refractivity contribution in [3.8, 4) is 11.5 Å². The van der Waals surface area contributed by atoms with Crippen LogP contribution in [0, 0.1) is 0 Å². The third kappa shape index (κ3) is 3.04. The third-order valence-corrected chi connectivity index (χ3v) is 5.20. The minimum Gasteiger partial charge on any atom is -0.493 e. The number of benzene rings is 1. The van der Waals surface area contributed by atoms with Gasteiger partial charge in [-0.2, -0.15) is 4.31 Å². The Morgan fingerprint density at radius 2 is 2.00 bits per heavy atom. The summed E-state index contributed by atoms with van der Waals surface area (Å²) in [5.74, 6) is 0.632. The second-order valence-electron chi connectivity index (χ2n) is 4.60. The van der Waals surface area contributed by atoms with Gasteiger partial charge in [0.1, 0.15) is 0 Å². The molecule has 7 heteroatoms. The zero-order valence-electron chi connectivity index (χ0n) is 12.1. The van der Waals surface area contributed by atoms with Gasteiger partial charge < -0.3 is 14.6 Å². The maximum Gasteiger partial charge on any atom is 0.243 e. The minimum absolute atomic E-state index is 0.0968. The second-order valence-corrected chi connectivity index (χ2v) is 6.54. The van der Waals surface area contributed by atoms with E-state index >= 15 is 0 Å². The van der Waals surface area contributed by atoms with Crippen LogP contribution in [0.25, 0.3) is 0 Å². The van der Waals surface area contributed by atoms with E-state index in [0.29, 0.717) is 30.8 Å². The van der Waals surface area contributed by atoms with E-state index in [-0.39, 0.29) is 17.3 Å². The van der Waals surface area contributed by atoms with Crippen LogP contribution in [-0.2, 0) is 16.6 Å². The van der Waals surface area contributed by atoms with E-state index in [1.54, 1.807) is 0 Å². The summed E-state index contributed by atoms with van der Waals surface area (Å²) < 4.78 is 37.0. The van der Waals surface area contributed by atoms with Gasteiger partial charge in [-0.15, -0.1) is 0 Å².